The molecule has 0 radical (unpaired) electrons. The van der Waals surface area contributed by atoms with Gasteiger partial charge in [0.1, 0.15) is 22.6 Å². The van der Waals surface area contributed by atoms with Crippen LogP contribution < -0.4 is 15.8 Å². The molecule has 1 heterocycles. The lowest BCUT2D eigenvalue weighted by Gasteiger charge is -2.13. The second-order valence-electron chi connectivity index (χ2n) is 7.20. The van der Waals surface area contributed by atoms with E-state index in [1.165, 1.54) is 7.11 Å². The van der Waals surface area contributed by atoms with E-state index in [0.717, 1.165) is 12.8 Å². The zero-order chi connectivity index (χ0) is 22.1. The van der Waals surface area contributed by atoms with Crippen LogP contribution in [0.5, 0.6) is 11.5 Å². The average Bonchev–Trinajstić information content (AvgIpc) is 2.77. The molecule has 8 heteroatoms. The largest absolute Gasteiger partial charge is 0.506 e. The van der Waals surface area contributed by atoms with Gasteiger partial charge in [-0.25, -0.2) is 9.97 Å². The molecule has 0 fully saturated rings. The molecule has 31 heavy (non-hydrogen) atoms. The van der Waals surface area contributed by atoms with Gasteiger partial charge in [-0.2, -0.15) is 0 Å². The van der Waals surface area contributed by atoms with Crippen LogP contribution in [0.15, 0.2) is 36.4 Å². The minimum absolute atomic E-state index is 0.104. The number of carbonyl (C=O) groups is 2. The lowest BCUT2D eigenvalue weighted by atomic mass is 10.0. The number of nitrogens with zero attached hydrogens (tertiary/aromatic N) is 2. The maximum absolute atomic E-state index is 12.7. The Morgan fingerprint density at radius 3 is 2.45 bits per heavy atom. The SMILES string of the molecule is CCCCNC(=O)c1cc2nc3c(C(N)=O)c(O)c4ccccc4c3nc2cc1OC. The highest BCUT2D eigenvalue weighted by molar-refractivity contribution is 6.19. The minimum Gasteiger partial charge on any atom is -0.506 e. The molecule has 0 atom stereocenters. The molecule has 0 saturated heterocycles. The van der Waals surface area contributed by atoms with E-state index in [2.05, 4.69) is 15.3 Å². The quantitative estimate of drug-likeness (QED) is 0.250. The van der Waals surface area contributed by atoms with Crippen molar-refractivity contribution in [2.45, 2.75) is 19.8 Å². The van der Waals surface area contributed by atoms with E-state index in [1.807, 2.05) is 6.92 Å². The molecule has 0 aliphatic rings. The first kappa shape index (κ1) is 20.3. The van der Waals surface area contributed by atoms with E-state index in [0.29, 0.717) is 45.2 Å². The van der Waals surface area contributed by atoms with Crippen LogP contribution in [0.25, 0.3) is 32.8 Å². The van der Waals surface area contributed by atoms with Crippen LogP contribution in [0.3, 0.4) is 0 Å². The molecule has 0 unspecified atom stereocenters. The molecule has 0 spiro atoms. The van der Waals surface area contributed by atoms with Gasteiger partial charge < -0.3 is 20.9 Å². The number of rotatable bonds is 6. The molecular weight excluding hydrogens is 396 g/mol. The van der Waals surface area contributed by atoms with Crippen LogP contribution in [0.4, 0.5) is 0 Å². The van der Waals surface area contributed by atoms with Crippen molar-refractivity contribution in [2.75, 3.05) is 13.7 Å². The summed E-state index contributed by atoms with van der Waals surface area (Å²) < 4.78 is 5.42. The first-order chi connectivity index (χ1) is 15.0. The molecule has 1 aromatic heterocycles. The number of methoxy groups -OCH3 is 1. The van der Waals surface area contributed by atoms with Crippen molar-refractivity contribution in [1.82, 2.24) is 15.3 Å². The highest BCUT2D eigenvalue weighted by atomic mass is 16.5. The van der Waals surface area contributed by atoms with Crippen LogP contribution >= 0.6 is 0 Å². The molecule has 0 saturated carbocycles. The number of fused-ring (bicyclic) bond motifs is 4. The van der Waals surface area contributed by atoms with Crippen LogP contribution in [0, 0.1) is 0 Å². The fourth-order valence-corrected chi connectivity index (χ4v) is 3.64. The summed E-state index contributed by atoms with van der Waals surface area (Å²) in [7, 11) is 1.48. The first-order valence-corrected chi connectivity index (χ1v) is 9.97. The van der Waals surface area contributed by atoms with Gasteiger partial charge in [0, 0.05) is 23.4 Å². The molecular formula is C23H22N4O4. The number of hydrogen-bond donors (Lipinski definition) is 3. The number of unbranched alkanes of at least 4 members (excludes halogenated alkanes) is 1. The summed E-state index contributed by atoms with van der Waals surface area (Å²) in [5.41, 5.74) is 7.24. The number of nitrogens with one attached hydrogen (secondary N) is 1. The Morgan fingerprint density at radius 2 is 1.77 bits per heavy atom. The van der Waals surface area contributed by atoms with Gasteiger partial charge in [0.05, 0.1) is 29.2 Å². The van der Waals surface area contributed by atoms with Crippen molar-refractivity contribution in [3.8, 4) is 11.5 Å². The smallest absolute Gasteiger partial charge is 0.255 e. The maximum Gasteiger partial charge on any atom is 0.255 e. The molecule has 0 aliphatic carbocycles. The molecule has 4 rings (SSSR count). The number of carbonyl (C=O) groups excluding carboxylic acids is 2. The fraction of sp³-hybridized carbons (Fsp3) is 0.217. The summed E-state index contributed by atoms with van der Waals surface area (Å²) in [5, 5.41) is 14.6. The van der Waals surface area contributed by atoms with Crippen molar-refractivity contribution < 1.29 is 19.4 Å². The third-order valence-corrected chi connectivity index (χ3v) is 5.20. The van der Waals surface area contributed by atoms with Gasteiger partial charge in [0.25, 0.3) is 11.8 Å². The van der Waals surface area contributed by atoms with Gasteiger partial charge in [-0.3, -0.25) is 9.59 Å². The second kappa shape index (κ2) is 8.06. The molecule has 0 bridgehead atoms. The Bertz CT molecular complexity index is 1350. The minimum atomic E-state index is -0.812. The predicted octanol–water partition coefficient (Wildman–Crippen LogP) is 3.28. The summed E-state index contributed by atoms with van der Waals surface area (Å²) in [6.07, 6.45) is 1.82. The number of aromatic hydroxyl groups is 1. The number of aromatic nitrogens is 2. The van der Waals surface area contributed by atoms with Crippen molar-refractivity contribution in [2.24, 2.45) is 5.73 Å². The lowest BCUT2D eigenvalue weighted by molar-refractivity contribution is 0.0948. The monoisotopic (exact) mass is 418 g/mol. The van der Waals surface area contributed by atoms with Crippen molar-refractivity contribution in [1.29, 1.82) is 0 Å². The predicted molar refractivity (Wildman–Crippen MR) is 119 cm³/mol. The molecule has 4 aromatic rings. The van der Waals surface area contributed by atoms with E-state index in [-0.39, 0.29) is 22.7 Å². The fourth-order valence-electron chi connectivity index (χ4n) is 3.64. The second-order valence-corrected chi connectivity index (χ2v) is 7.20. The zero-order valence-electron chi connectivity index (χ0n) is 17.2. The number of primary amides is 1. The van der Waals surface area contributed by atoms with Gasteiger partial charge in [0.2, 0.25) is 0 Å². The molecule has 3 aromatic carbocycles. The van der Waals surface area contributed by atoms with Gasteiger partial charge in [-0.05, 0) is 12.5 Å². The normalized spacial score (nSPS) is 11.2. The van der Waals surface area contributed by atoms with Gasteiger partial charge in [0.15, 0.2) is 0 Å². The summed E-state index contributed by atoms with van der Waals surface area (Å²) >= 11 is 0. The van der Waals surface area contributed by atoms with Crippen molar-refractivity contribution in [3.63, 3.8) is 0 Å². The third kappa shape index (κ3) is 3.46. The maximum atomic E-state index is 12.7. The van der Waals surface area contributed by atoms with E-state index in [9.17, 15) is 14.7 Å². The molecule has 2 amide bonds. The number of benzene rings is 3. The molecule has 158 valence electrons. The zero-order valence-corrected chi connectivity index (χ0v) is 17.2. The van der Waals surface area contributed by atoms with E-state index in [4.69, 9.17) is 10.5 Å². The Labute approximate surface area is 178 Å². The number of amides is 2. The first-order valence-electron chi connectivity index (χ1n) is 9.97. The number of ether oxygens (including phenoxy) is 1. The highest BCUT2D eigenvalue weighted by Gasteiger charge is 2.22. The molecule has 8 nitrogen and oxygen atoms in total. The highest BCUT2D eigenvalue weighted by Crippen LogP contribution is 2.37. The Kier molecular flexibility index (Phi) is 5.29. The van der Waals surface area contributed by atoms with E-state index < -0.39 is 5.91 Å². The Hall–Kier alpha value is -3.94. The van der Waals surface area contributed by atoms with Crippen LogP contribution in [0.2, 0.25) is 0 Å². The van der Waals surface area contributed by atoms with Crippen LogP contribution in [-0.2, 0) is 0 Å². The van der Waals surface area contributed by atoms with Gasteiger partial charge in [-0.15, -0.1) is 0 Å². The topological polar surface area (TPSA) is 127 Å². The number of nitrogens with two attached hydrogens (primary N) is 1. The lowest BCUT2D eigenvalue weighted by Crippen LogP contribution is -2.24. The van der Waals surface area contributed by atoms with Gasteiger partial charge in [-0.1, -0.05) is 37.6 Å². The summed E-state index contributed by atoms with van der Waals surface area (Å²) in [6, 6.07) is 10.2. The summed E-state index contributed by atoms with van der Waals surface area (Å²) in [4.78, 5) is 34.1. The summed E-state index contributed by atoms with van der Waals surface area (Å²) in [5.74, 6) is -0.970. The van der Waals surface area contributed by atoms with E-state index >= 15 is 0 Å². The third-order valence-electron chi connectivity index (χ3n) is 5.20. The van der Waals surface area contributed by atoms with Crippen molar-refractivity contribution >= 4 is 44.7 Å². The van der Waals surface area contributed by atoms with Crippen LogP contribution in [-0.4, -0.2) is 40.5 Å². The number of phenols is 1. The van der Waals surface area contributed by atoms with Gasteiger partial charge >= 0.3 is 0 Å². The summed E-state index contributed by atoms with van der Waals surface area (Å²) in [6.45, 7) is 2.59. The standard InChI is InChI=1S/C23H22N4O4/c1-3-4-9-25-23(30)14-10-15-16(11-17(14)31-2)26-19-12-7-5-6-8-13(12)21(28)18(22(24)29)20(19)27-15/h5-8,10-11,28H,3-4,9H2,1-2H3,(H2,24,29)(H,25,30). The molecule has 4 N–H and O–H groups in total. The van der Waals surface area contributed by atoms with Crippen molar-refractivity contribution in [3.05, 3.63) is 47.5 Å². The Balaban J connectivity index is 2.01. The number of hydrogen-bond acceptors (Lipinski definition) is 6. The van der Waals surface area contributed by atoms with Crippen LogP contribution in [0.1, 0.15) is 40.5 Å². The molecule has 0 aliphatic heterocycles. The van der Waals surface area contributed by atoms with E-state index in [1.54, 1.807) is 36.4 Å². The Morgan fingerprint density at radius 1 is 1.10 bits per heavy atom. The average molecular weight is 418 g/mol.